The summed E-state index contributed by atoms with van der Waals surface area (Å²) in [5, 5.41) is 9.04. The first-order chi connectivity index (χ1) is 14.8. The van der Waals surface area contributed by atoms with Crippen molar-refractivity contribution in [1.29, 1.82) is 0 Å². The molecule has 0 spiro atoms. The normalized spacial score (nSPS) is 12.7. The van der Waals surface area contributed by atoms with E-state index >= 15 is 0 Å². The Balaban J connectivity index is 1.58. The third kappa shape index (κ3) is 1.99. The minimum absolute atomic E-state index is 0.141. The molecule has 1 heteroatoms. The highest BCUT2D eigenvalue weighted by Crippen LogP contribution is 2.44. The fourth-order valence-corrected chi connectivity index (χ4v) is 5.09. The maximum absolute atomic E-state index is 13.8. The van der Waals surface area contributed by atoms with E-state index in [1.807, 2.05) is 12.1 Å². The highest BCUT2D eigenvalue weighted by Gasteiger charge is 2.30. The van der Waals surface area contributed by atoms with Gasteiger partial charge in [-0.05, 0) is 78.5 Å². The summed E-state index contributed by atoms with van der Waals surface area (Å²) in [6.07, 6.45) is 0. The Hall–Kier alpha value is -3.97. The van der Waals surface area contributed by atoms with Crippen molar-refractivity contribution in [1.82, 2.24) is 0 Å². The van der Waals surface area contributed by atoms with Crippen molar-refractivity contribution >= 4 is 48.9 Å². The summed E-state index contributed by atoms with van der Waals surface area (Å²) in [5.41, 5.74) is 3.78. The van der Waals surface area contributed by atoms with Crippen molar-refractivity contribution in [2.24, 2.45) is 0 Å². The zero-order valence-electron chi connectivity index (χ0n) is 16.1. The maximum Gasteiger partial charge on any atom is 0.195 e. The molecule has 0 fully saturated rings. The second-order valence-electron chi connectivity index (χ2n) is 8.15. The van der Waals surface area contributed by atoms with Gasteiger partial charge in [0, 0.05) is 11.1 Å². The zero-order chi connectivity index (χ0) is 19.8. The third-order valence-corrected chi connectivity index (χ3v) is 6.52. The van der Waals surface area contributed by atoms with Crippen LogP contribution in [0.4, 0.5) is 0 Å². The van der Waals surface area contributed by atoms with E-state index in [2.05, 4.69) is 84.9 Å². The van der Waals surface area contributed by atoms with Crippen LogP contribution in [-0.4, -0.2) is 5.78 Å². The van der Waals surface area contributed by atoms with E-state index < -0.39 is 0 Å². The molecule has 0 heterocycles. The summed E-state index contributed by atoms with van der Waals surface area (Å²) in [5.74, 6) is 0.141. The molecule has 30 heavy (non-hydrogen) atoms. The van der Waals surface area contributed by atoms with E-state index in [9.17, 15) is 4.79 Å². The van der Waals surface area contributed by atoms with Gasteiger partial charge in [0.05, 0.1) is 0 Å². The Labute approximate surface area is 173 Å². The van der Waals surface area contributed by atoms with E-state index in [1.54, 1.807) is 0 Å². The Morgan fingerprint density at radius 2 is 0.800 bits per heavy atom. The first kappa shape index (κ1) is 15.9. The summed E-state index contributed by atoms with van der Waals surface area (Å²) in [7, 11) is 0. The Morgan fingerprint density at radius 3 is 1.23 bits per heavy atom. The Morgan fingerprint density at radius 1 is 0.400 bits per heavy atom. The van der Waals surface area contributed by atoms with Gasteiger partial charge < -0.3 is 0 Å². The molecule has 0 saturated carbocycles. The van der Waals surface area contributed by atoms with Gasteiger partial charge in [-0.1, -0.05) is 72.8 Å². The molecule has 0 unspecified atom stereocenters. The number of carbonyl (C=O) groups is 1. The lowest BCUT2D eigenvalue weighted by Gasteiger charge is -2.07. The molecule has 0 aromatic heterocycles. The molecular formula is C29H16O. The standard InChI is InChI=1S/C29H16O/c30-29-27-23(11-9-21-13-17-5-1-3-7-19(17)15-25(21)27)24-12-10-22-14-18-6-2-4-8-20(18)16-26(22)28(24)29/h1-16H. The van der Waals surface area contributed by atoms with Crippen LogP contribution in [-0.2, 0) is 0 Å². The van der Waals surface area contributed by atoms with E-state index in [1.165, 1.54) is 10.8 Å². The molecule has 0 aliphatic heterocycles. The number of hydrogen-bond acceptors (Lipinski definition) is 1. The minimum atomic E-state index is 0.141. The molecule has 0 N–H and O–H groups in total. The number of benzene rings is 6. The summed E-state index contributed by atoms with van der Waals surface area (Å²) >= 11 is 0. The Kier molecular flexibility index (Phi) is 2.94. The molecule has 6 aromatic rings. The van der Waals surface area contributed by atoms with Crippen LogP contribution < -0.4 is 0 Å². The molecule has 0 amide bonds. The van der Waals surface area contributed by atoms with Crippen LogP contribution in [0.25, 0.3) is 54.2 Å². The smallest absolute Gasteiger partial charge is 0.195 e. The topological polar surface area (TPSA) is 17.1 Å². The minimum Gasteiger partial charge on any atom is -0.289 e. The monoisotopic (exact) mass is 380 g/mol. The van der Waals surface area contributed by atoms with Crippen molar-refractivity contribution in [3.8, 4) is 11.1 Å². The molecule has 138 valence electrons. The molecule has 1 nitrogen and oxygen atoms in total. The largest absolute Gasteiger partial charge is 0.289 e. The summed E-state index contributed by atoms with van der Waals surface area (Å²) in [6, 6.07) is 33.9. The van der Waals surface area contributed by atoms with E-state index in [0.29, 0.717) is 0 Å². The summed E-state index contributed by atoms with van der Waals surface area (Å²) in [6.45, 7) is 0. The van der Waals surface area contributed by atoms with Gasteiger partial charge in [0.15, 0.2) is 5.78 Å². The number of hydrogen-bond donors (Lipinski definition) is 0. The van der Waals surface area contributed by atoms with Gasteiger partial charge in [-0.25, -0.2) is 0 Å². The van der Waals surface area contributed by atoms with Crippen LogP contribution in [0, 0.1) is 0 Å². The van der Waals surface area contributed by atoms with Crippen molar-refractivity contribution in [2.45, 2.75) is 0 Å². The number of rotatable bonds is 0. The number of carbonyl (C=O) groups excluding carboxylic acids is 1. The van der Waals surface area contributed by atoms with E-state index in [0.717, 1.165) is 54.6 Å². The maximum atomic E-state index is 13.8. The zero-order valence-corrected chi connectivity index (χ0v) is 16.1. The van der Waals surface area contributed by atoms with Gasteiger partial charge in [-0.15, -0.1) is 0 Å². The SMILES string of the molecule is O=C1c2c(ccc3cc4ccccc4cc23)-c2ccc3cc4ccccc4cc3c21. The van der Waals surface area contributed by atoms with Crippen LogP contribution in [0.15, 0.2) is 97.1 Å². The first-order valence-corrected chi connectivity index (χ1v) is 10.2. The molecule has 7 rings (SSSR count). The highest BCUT2D eigenvalue weighted by molar-refractivity contribution is 6.32. The van der Waals surface area contributed by atoms with E-state index in [4.69, 9.17) is 0 Å². The van der Waals surface area contributed by atoms with Crippen molar-refractivity contribution < 1.29 is 4.79 Å². The summed E-state index contributed by atoms with van der Waals surface area (Å²) in [4.78, 5) is 13.8. The third-order valence-electron chi connectivity index (χ3n) is 6.52. The van der Waals surface area contributed by atoms with Crippen molar-refractivity contribution in [2.75, 3.05) is 0 Å². The van der Waals surface area contributed by atoms with Gasteiger partial charge in [0.1, 0.15) is 0 Å². The highest BCUT2D eigenvalue weighted by atomic mass is 16.1. The van der Waals surface area contributed by atoms with Crippen LogP contribution in [0.5, 0.6) is 0 Å². The lowest BCUT2D eigenvalue weighted by Crippen LogP contribution is -1.98. The second kappa shape index (κ2) is 5.55. The average Bonchev–Trinajstić information content (AvgIpc) is 3.09. The predicted octanol–water partition coefficient (Wildman–Crippen LogP) is 7.51. The van der Waals surface area contributed by atoms with Gasteiger partial charge in [0.2, 0.25) is 0 Å². The van der Waals surface area contributed by atoms with Crippen LogP contribution in [0.1, 0.15) is 15.9 Å². The molecule has 1 aliphatic carbocycles. The van der Waals surface area contributed by atoms with Crippen LogP contribution >= 0.6 is 0 Å². The van der Waals surface area contributed by atoms with Gasteiger partial charge in [0.25, 0.3) is 0 Å². The van der Waals surface area contributed by atoms with Crippen molar-refractivity contribution in [3.63, 3.8) is 0 Å². The van der Waals surface area contributed by atoms with Gasteiger partial charge in [-0.3, -0.25) is 4.79 Å². The fourth-order valence-electron chi connectivity index (χ4n) is 5.09. The van der Waals surface area contributed by atoms with Gasteiger partial charge in [-0.2, -0.15) is 0 Å². The quantitative estimate of drug-likeness (QED) is 0.249. The van der Waals surface area contributed by atoms with Crippen LogP contribution in [0.2, 0.25) is 0 Å². The fraction of sp³-hybridized carbons (Fsp3) is 0. The summed E-state index contributed by atoms with van der Waals surface area (Å²) < 4.78 is 0. The van der Waals surface area contributed by atoms with Gasteiger partial charge >= 0.3 is 0 Å². The van der Waals surface area contributed by atoms with Crippen molar-refractivity contribution in [3.05, 3.63) is 108 Å². The Bertz CT molecular complexity index is 1580. The number of fused-ring (bicyclic) bond motifs is 9. The van der Waals surface area contributed by atoms with Crippen LogP contribution in [0.3, 0.4) is 0 Å². The predicted molar refractivity (Wildman–Crippen MR) is 125 cm³/mol. The second-order valence-corrected chi connectivity index (χ2v) is 8.15. The molecule has 0 saturated heterocycles. The van der Waals surface area contributed by atoms with E-state index in [-0.39, 0.29) is 5.78 Å². The molecule has 0 atom stereocenters. The molecule has 0 bridgehead atoms. The first-order valence-electron chi connectivity index (χ1n) is 10.2. The molecular weight excluding hydrogens is 364 g/mol. The lowest BCUT2D eigenvalue weighted by molar-refractivity contribution is 0.104. The molecule has 1 aliphatic rings. The lowest BCUT2D eigenvalue weighted by atomic mass is 9.96. The average molecular weight is 380 g/mol. The molecule has 6 aromatic carbocycles. The molecule has 0 radical (unpaired) electrons. The number of ketones is 1.